The van der Waals surface area contributed by atoms with E-state index in [0.717, 1.165) is 5.92 Å². The summed E-state index contributed by atoms with van der Waals surface area (Å²) in [5, 5.41) is 0. The number of piperidine rings is 3. The zero-order valence-corrected chi connectivity index (χ0v) is 6.98. The van der Waals surface area contributed by atoms with Crippen LogP contribution in [-0.4, -0.2) is 32.1 Å². The summed E-state index contributed by atoms with van der Waals surface area (Å²) >= 11 is 0. The Balaban J connectivity index is 0.000000157. The molecule has 3 fully saturated rings. The Labute approximate surface area is 71.1 Å². The van der Waals surface area contributed by atoms with Crippen molar-refractivity contribution < 1.29 is 12.9 Å². The molecule has 12 heavy (non-hydrogen) atoms. The lowest BCUT2D eigenvalue weighted by molar-refractivity contribution is 0.111. The van der Waals surface area contributed by atoms with E-state index in [0.29, 0.717) is 0 Å². The summed E-state index contributed by atoms with van der Waals surface area (Å²) in [4.78, 5) is 2.58. The zero-order chi connectivity index (χ0) is 8.97. The van der Waals surface area contributed by atoms with Gasteiger partial charge in [0.05, 0.1) is 0 Å². The van der Waals surface area contributed by atoms with E-state index < -0.39 is 7.54 Å². The van der Waals surface area contributed by atoms with Crippen LogP contribution >= 0.6 is 0 Å². The maximum Gasteiger partial charge on any atom is 0.762 e. The minimum absolute atomic E-state index is 1.11. The lowest BCUT2D eigenvalue weighted by Gasteiger charge is -2.38. The van der Waals surface area contributed by atoms with E-state index in [-0.39, 0.29) is 0 Å². The van der Waals surface area contributed by atoms with Gasteiger partial charge in [0, 0.05) is 0 Å². The van der Waals surface area contributed by atoms with Gasteiger partial charge < -0.3 is 4.90 Å². The van der Waals surface area contributed by atoms with E-state index in [1.807, 2.05) is 0 Å². The SMILES string of the molecule is C1CN2CCC1CC2.FB(F)F. The molecular weight excluding hydrogens is 166 g/mol. The Morgan fingerprint density at radius 1 is 0.917 bits per heavy atom. The molecule has 3 aliphatic rings. The number of hydrogen-bond acceptors (Lipinski definition) is 1. The van der Waals surface area contributed by atoms with Crippen molar-refractivity contribution in [2.75, 3.05) is 19.6 Å². The van der Waals surface area contributed by atoms with Crippen molar-refractivity contribution in [2.45, 2.75) is 19.3 Å². The third kappa shape index (κ3) is 3.47. The fraction of sp³-hybridized carbons (Fsp3) is 1.00. The van der Waals surface area contributed by atoms with Crippen LogP contribution in [0.15, 0.2) is 0 Å². The number of fused-ring (bicyclic) bond motifs is 3. The summed E-state index contributed by atoms with van der Waals surface area (Å²) < 4.78 is 29.0. The smallest absolute Gasteiger partial charge is 0.303 e. The molecule has 3 aliphatic heterocycles. The fourth-order valence-corrected chi connectivity index (χ4v) is 1.86. The summed E-state index contributed by atoms with van der Waals surface area (Å²) in [7, 11) is -3.67. The Kier molecular flexibility index (Phi) is 3.92. The summed E-state index contributed by atoms with van der Waals surface area (Å²) in [5.74, 6) is 1.11. The van der Waals surface area contributed by atoms with Crippen molar-refractivity contribution in [3.05, 3.63) is 0 Å². The highest BCUT2D eigenvalue weighted by Crippen LogP contribution is 2.26. The van der Waals surface area contributed by atoms with E-state index in [2.05, 4.69) is 4.90 Å². The third-order valence-corrected chi connectivity index (χ3v) is 2.56. The molecule has 0 saturated carbocycles. The quantitative estimate of drug-likeness (QED) is 0.514. The van der Waals surface area contributed by atoms with Crippen LogP contribution in [0.25, 0.3) is 0 Å². The van der Waals surface area contributed by atoms with Crippen LogP contribution in [0, 0.1) is 5.92 Å². The van der Waals surface area contributed by atoms with Crippen molar-refractivity contribution >= 4 is 7.54 Å². The van der Waals surface area contributed by atoms with Gasteiger partial charge in [-0.3, -0.25) is 12.9 Å². The molecule has 0 unspecified atom stereocenters. The van der Waals surface area contributed by atoms with Gasteiger partial charge in [-0.25, -0.2) is 0 Å². The minimum atomic E-state index is -3.67. The summed E-state index contributed by atoms with van der Waals surface area (Å²) in [6.45, 7) is 4.18. The molecule has 5 heteroatoms. The molecule has 0 N–H and O–H groups in total. The maximum absolute atomic E-state index is 9.67. The van der Waals surface area contributed by atoms with Crippen LogP contribution in [0.2, 0.25) is 0 Å². The molecule has 70 valence electrons. The Morgan fingerprint density at radius 2 is 1.25 bits per heavy atom. The number of nitrogens with zero attached hydrogens (tertiary/aromatic N) is 1. The highest BCUT2D eigenvalue weighted by Gasteiger charge is 2.24. The molecule has 0 aromatic carbocycles. The Hall–Kier alpha value is -0.185. The van der Waals surface area contributed by atoms with E-state index in [1.54, 1.807) is 0 Å². The van der Waals surface area contributed by atoms with Gasteiger partial charge in [0.15, 0.2) is 0 Å². The Morgan fingerprint density at radius 3 is 1.33 bits per heavy atom. The van der Waals surface area contributed by atoms with Crippen LogP contribution in [0.4, 0.5) is 12.9 Å². The van der Waals surface area contributed by atoms with Gasteiger partial charge in [-0.15, -0.1) is 0 Å². The van der Waals surface area contributed by atoms with Crippen molar-refractivity contribution in [1.29, 1.82) is 0 Å². The second-order valence-electron chi connectivity index (χ2n) is 3.32. The first-order valence-electron chi connectivity index (χ1n) is 4.33. The molecule has 2 bridgehead atoms. The first-order valence-corrected chi connectivity index (χ1v) is 4.33. The molecule has 0 atom stereocenters. The van der Waals surface area contributed by atoms with Crippen LogP contribution in [-0.2, 0) is 0 Å². The first kappa shape index (κ1) is 9.90. The van der Waals surface area contributed by atoms with Crippen molar-refractivity contribution in [3.63, 3.8) is 0 Å². The van der Waals surface area contributed by atoms with Crippen molar-refractivity contribution in [2.24, 2.45) is 5.92 Å². The van der Waals surface area contributed by atoms with Gasteiger partial charge >= 0.3 is 7.54 Å². The monoisotopic (exact) mass is 179 g/mol. The predicted molar refractivity (Wildman–Crippen MR) is 42.9 cm³/mol. The van der Waals surface area contributed by atoms with E-state index >= 15 is 0 Å². The second-order valence-corrected chi connectivity index (χ2v) is 3.32. The standard InChI is InChI=1S/C7H13N.BF3/c1-4-8-5-2-7(1)3-6-8;2-1(3)4/h7H,1-6H2;. The highest BCUT2D eigenvalue weighted by atomic mass is 19.4. The average molecular weight is 179 g/mol. The normalized spacial score (nSPS) is 32.2. The topological polar surface area (TPSA) is 3.24 Å². The number of halogens is 3. The lowest BCUT2D eigenvalue weighted by atomic mass is 9.89. The van der Waals surface area contributed by atoms with Crippen LogP contribution in [0.1, 0.15) is 19.3 Å². The number of hydrogen-bond donors (Lipinski definition) is 0. The molecule has 0 spiro atoms. The zero-order valence-electron chi connectivity index (χ0n) is 6.98. The van der Waals surface area contributed by atoms with Crippen LogP contribution in [0.3, 0.4) is 0 Å². The van der Waals surface area contributed by atoms with E-state index in [9.17, 15) is 12.9 Å². The van der Waals surface area contributed by atoms with E-state index in [1.165, 1.54) is 38.9 Å². The predicted octanol–water partition coefficient (Wildman–Crippen LogP) is 1.98. The van der Waals surface area contributed by atoms with Gasteiger partial charge in [0.2, 0.25) is 0 Å². The lowest BCUT2D eigenvalue weighted by Crippen LogP contribution is -2.41. The molecule has 0 radical (unpaired) electrons. The second kappa shape index (κ2) is 4.75. The van der Waals surface area contributed by atoms with Crippen molar-refractivity contribution in [1.82, 2.24) is 4.90 Å². The average Bonchev–Trinajstić information content (AvgIpc) is 2.07. The summed E-state index contributed by atoms with van der Waals surface area (Å²) in [5.41, 5.74) is 0. The maximum atomic E-state index is 9.67. The molecular formula is C7H13BF3N. The molecule has 0 aromatic rings. The first-order chi connectivity index (χ1) is 5.68. The Bertz CT molecular complexity index is 100. The fourth-order valence-electron chi connectivity index (χ4n) is 1.86. The molecule has 3 rings (SSSR count). The molecule has 0 amide bonds. The molecule has 1 nitrogen and oxygen atoms in total. The van der Waals surface area contributed by atoms with Crippen LogP contribution < -0.4 is 0 Å². The third-order valence-electron chi connectivity index (χ3n) is 2.56. The molecule has 0 aromatic heterocycles. The van der Waals surface area contributed by atoms with Gasteiger partial charge in [-0.2, -0.15) is 0 Å². The van der Waals surface area contributed by atoms with Gasteiger partial charge in [0.1, 0.15) is 0 Å². The minimum Gasteiger partial charge on any atom is -0.303 e. The van der Waals surface area contributed by atoms with Gasteiger partial charge in [-0.1, -0.05) is 0 Å². The number of rotatable bonds is 0. The van der Waals surface area contributed by atoms with E-state index in [4.69, 9.17) is 0 Å². The summed E-state index contributed by atoms with van der Waals surface area (Å²) in [6.07, 6.45) is 4.46. The molecule has 0 aliphatic carbocycles. The van der Waals surface area contributed by atoms with Crippen molar-refractivity contribution in [3.8, 4) is 0 Å². The largest absolute Gasteiger partial charge is 0.762 e. The molecule has 3 heterocycles. The summed E-state index contributed by atoms with van der Waals surface area (Å²) in [6, 6.07) is 0. The molecule has 3 saturated heterocycles. The van der Waals surface area contributed by atoms with Gasteiger partial charge in [-0.05, 0) is 44.8 Å². The highest BCUT2D eigenvalue weighted by molar-refractivity contribution is 6.33. The van der Waals surface area contributed by atoms with Gasteiger partial charge in [0.25, 0.3) is 0 Å². The van der Waals surface area contributed by atoms with Crippen LogP contribution in [0.5, 0.6) is 0 Å².